The smallest absolute Gasteiger partial charge is 0.258 e. The van der Waals surface area contributed by atoms with Gasteiger partial charge in [0.2, 0.25) is 0 Å². The Morgan fingerprint density at radius 3 is 2.92 bits per heavy atom. The van der Waals surface area contributed by atoms with Crippen LogP contribution < -0.4 is 15.0 Å². The van der Waals surface area contributed by atoms with Gasteiger partial charge in [-0.2, -0.15) is 9.61 Å². The van der Waals surface area contributed by atoms with Crippen molar-refractivity contribution in [2.75, 3.05) is 44.8 Å². The zero-order chi connectivity index (χ0) is 25.9. The third-order valence-corrected chi connectivity index (χ3v) is 6.52. The van der Waals surface area contributed by atoms with Crippen molar-refractivity contribution in [3.63, 3.8) is 0 Å². The van der Waals surface area contributed by atoms with Gasteiger partial charge in [-0.25, -0.2) is 9.37 Å². The van der Waals surface area contributed by atoms with Gasteiger partial charge in [0.25, 0.3) is 11.8 Å². The van der Waals surface area contributed by atoms with Crippen molar-refractivity contribution in [2.24, 2.45) is 0 Å². The molecule has 0 saturated carbocycles. The molecular weight excluding hydrogens is 479 g/mol. The number of nitrogens with zero attached hydrogens (tertiary/aromatic N) is 5. The van der Waals surface area contributed by atoms with Gasteiger partial charge in [-0.15, -0.1) is 0 Å². The highest BCUT2D eigenvalue weighted by Crippen LogP contribution is 2.34. The molecule has 2 aliphatic rings. The lowest BCUT2D eigenvalue weighted by Crippen LogP contribution is -2.39. The Bertz CT molecular complexity index is 1410. The number of aliphatic hydroxyl groups is 1. The third kappa shape index (κ3) is 5.06. The van der Waals surface area contributed by atoms with Crippen LogP contribution in [0.3, 0.4) is 0 Å². The zero-order valence-corrected chi connectivity index (χ0v) is 20.4. The molecule has 1 atom stereocenters. The number of amides is 2. The first kappa shape index (κ1) is 24.5. The molecule has 2 bridgehead atoms. The molecule has 192 valence electrons. The molecule has 10 nitrogen and oxygen atoms in total. The van der Waals surface area contributed by atoms with Crippen molar-refractivity contribution < 1.29 is 23.8 Å². The Morgan fingerprint density at radius 2 is 2.08 bits per heavy atom. The fraction of sp³-hybridized carbons (Fsp3) is 0.385. The number of nitrogens with one attached hydrogen (secondary N) is 1. The van der Waals surface area contributed by atoms with E-state index < -0.39 is 5.82 Å². The topological polar surface area (TPSA) is 112 Å². The molecule has 2 N–H and O–H groups in total. The average molecular weight is 507 g/mol. The second-order valence-electron chi connectivity index (χ2n) is 9.01. The average Bonchev–Trinajstić information content (AvgIpc) is 3.33. The predicted octanol–water partition coefficient (Wildman–Crippen LogP) is 1.52. The molecule has 1 fully saturated rings. The highest BCUT2D eigenvalue weighted by Gasteiger charge is 2.33. The number of rotatable bonds is 0. The number of hydrogen-bond donors (Lipinski definition) is 2. The van der Waals surface area contributed by atoms with Crippen LogP contribution in [0.25, 0.3) is 5.65 Å². The van der Waals surface area contributed by atoms with Gasteiger partial charge in [-0.3, -0.25) is 9.59 Å². The Kier molecular flexibility index (Phi) is 6.92. The maximum Gasteiger partial charge on any atom is 0.258 e. The van der Waals surface area contributed by atoms with Gasteiger partial charge in [0.15, 0.2) is 12.3 Å². The minimum absolute atomic E-state index is 0.0654. The number of benzene rings is 1. The fourth-order valence-electron chi connectivity index (χ4n) is 4.71. The van der Waals surface area contributed by atoms with Crippen LogP contribution in [0.15, 0.2) is 30.3 Å². The van der Waals surface area contributed by atoms with Crippen molar-refractivity contribution in [3.8, 4) is 17.6 Å². The maximum atomic E-state index is 14.2. The lowest BCUT2D eigenvalue weighted by atomic mass is 9.98. The Hall–Kier alpha value is -4.17. The Morgan fingerprint density at radius 1 is 1.22 bits per heavy atom. The molecule has 11 heteroatoms. The second kappa shape index (κ2) is 10.4. The SMILES string of the molecule is CN1CCNC(=O)COc2ccc(F)cc2C(=O)N2CCCC[C@H]2c2cc3nc(C#CCO)cc1n3n2. The summed E-state index contributed by atoms with van der Waals surface area (Å²) in [6, 6.07) is 6.98. The van der Waals surface area contributed by atoms with Gasteiger partial charge in [0.05, 0.1) is 17.3 Å². The highest BCUT2D eigenvalue weighted by atomic mass is 19.1. The van der Waals surface area contributed by atoms with E-state index in [1.807, 2.05) is 18.0 Å². The number of fused-ring (bicyclic) bond motifs is 4. The molecule has 0 spiro atoms. The predicted molar refractivity (Wildman–Crippen MR) is 133 cm³/mol. The first-order chi connectivity index (χ1) is 17.9. The Balaban J connectivity index is 1.64. The van der Waals surface area contributed by atoms with Crippen LogP contribution in [0.5, 0.6) is 5.75 Å². The van der Waals surface area contributed by atoms with Crippen molar-refractivity contribution in [3.05, 3.63) is 53.1 Å². The molecule has 0 aliphatic carbocycles. The van der Waals surface area contributed by atoms with Crippen molar-refractivity contribution >= 4 is 23.3 Å². The van der Waals surface area contributed by atoms with E-state index in [4.69, 9.17) is 14.9 Å². The van der Waals surface area contributed by atoms with Crippen LogP contribution >= 0.6 is 0 Å². The number of aliphatic hydroxyl groups excluding tert-OH is 1. The van der Waals surface area contributed by atoms with E-state index >= 15 is 0 Å². The zero-order valence-electron chi connectivity index (χ0n) is 20.4. The van der Waals surface area contributed by atoms with Gasteiger partial charge in [-0.05, 0) is 43.4 Å². The number of halogens is 1. The number of carbonyl (C=O) groups is 2. The number of aromatic nitrogens is 3. The quantitative estimate of drug-likeness (QED) is 0.445. The molecule has 3 aromatic rings. The van der Waals surface area contributed by atoms with Crippen molar-refractivity contribution in [2.45, 2.75) is 25.3 Å². The van der Waals surface area contributed by atoms with E-state index in [1.54, 1.807) is 15.5 Å². The molecular formula is C26H27FN6O4. The van der Waals surface area contributed by atoms with Gasteiger partial charge in [0, 0.05) is 38.8 Å². The first-order valence-electron chi connectivity index (χ1n) is 12.2. The molecule has 37 heavy (non-hydrogen) atoms. The second-order valence-corrected chi connectivity index (χ2v) is 9.01. The summed E-state index contributed by atoms with van der Waals surface area (Å²) in [5.74, 6) is 5.00. The van der Waals surface area contributed by atoms with Gasteiger partial charge >= 0.3 is 0 Å². The van der Waals surface area contributed by atoms with E-state index in [2.05, 4.69) is 22.1 Å². The molecule has 0 unspecified atom stereocenters. The maximum absolute atomic E-state index is 14.2. The number of carbonyl (C=O) groups excluding carboxylic acids is 2. The number of piperidine rings is 1. The summed E-state index contributed by atoms with van der Waals surface area (Å²) in [4.78, 5) is 34.4. The largest absolute Gasteiger partial charge is 0.483 e. The fourth-order valence-corrected chi connectivity index (χ4v) is 4.71. The summed E-state index contributed by atoms with van der Waals surface area (Å²) in [5.41, 5.74) is 1.74. The van der Waals surface area contributed by atoms with Crippen molar-refractivity contribution in [1.29, 1.82) is 0 Å². The van der Waals surface area contributed by atoms with E-state index in [-0.39, 0.29) is 42.4 Å². The number of hydrogen-bond acceptors (Lipinski definition) is 7. The molecule has 1 saturated heterocycles. The molecule has 5 rings (SSSR count). The van der Waals surface area contributed by atoms with Gasteiger partial charge in [-0.1, -0.05) is 5.92 Å². The van der Waals surface area contributed by atoms with Gasteiger partial charge in [0.1, 0.15) is 29.7 Å². The highest BCUT2D eigenvalue weighted by molar-refractivity contribution is 5.97. The van der Waals surface area contributed by atoms with Crippen LogP contribution in [0.4, 0.5) is 10.2 Å². The van der Waals surface area contributed by atoms with E-state index in [0.717, 1.165) is 18.9 Å². The summed E-state index contributed by atoms with van der Waals surface area (Å²) in [6.45, 7) is 0.654. The monoisotopic (exact) mass is 506 g/mol. The summed E-state index contributed by atoms with van der Waals surface area (Å²) in [7, 11) is 1.87. The first-order valence-corrected chi connectivity index (χ1v) is 12.2. The minimum atomic E-state index is -0.566. The van der Waals surface area contributed by atoms with E-state index in [1.165, 1.54) is 12.1 Å². The number of likely N-dealkylation sites (N-methyl/N-ethyl adjacent to an activating group) is 1. The summed E-state index contributed by atoms with van der Waals surface area (Å²) in [6.07, 6.45) is 2.39. The lowest BCUT2D eigenvalue weighted by molar-refractivity contribution is -0.123. The lowest BCUT2D eigenvalue weighted by Gasteiger charge is -2.35. The van der Waals surface area contributed by atoms with Crippen LogP contribution in [0, 0.1) is 17.7 Å². The summed E-state index contributed by atoms with van der Waals surface area (Å²) < 4.78 is 21.6. The molecule has 2 aliphatic heterocycles. The van der Waals surface area contributed by atoms with Gasteiger partial charge < -0.3 is 25.0 Å². The standard InChI is InChI=1S/C26H27FN6O4/c1-31-11-9-28-24(35)16-37-22-8-7-17(27)13-19(22)26(36)32-10-3-2-6-21(32)20-15-23-29-18(5-4-12-34)14-25(31)33(23)30-20/h7-8,13-15,21,34H,2-3,6,9-12,16H2,1H3,(H,28,35)/t21-/m0/s1. The van der Waals surface area contributed by atoms with Crippen LogP contribution in [0.1, 0.15) is 47.1 Å². The summed E-state index contributed by atoms with van der Waals surface area (Å²) >= 11 is 0. The molecule has 2 amide bonds. The number of anilines is 1. The Labute approximate surface area is 213 Å². The van der Waals surface area contributed by atoms with Crippen LogP contribution in [0.2, 0.25) is 0 Å². The minimum Gasteiger partial charge on any atom is -0.483 e. The third-order valence-electron chi connectivity index (χ3n) is 6.52. The van der Waals surface area contributed by atoms with E-state index in [0.29, 0.717) is 48.9 Å². The van der Waals surface area contributed by atoms with Crippen LogP contribution in [-0.2, 0) is 4.79 Å². The number of ether oxygens (including phenoxy) is 1. The van der Waals surface area contributed by atoms with E-state index in [9.17, 15) is 14.0 Å². The molecule has 2 aromatic heterocycles. The molecule has 4 heterocycles. The van der Waals surface area contributed by atoms with Crippen LogP contribution in [-0.4, -0.2) is 76.3 Å². The molecule has 0 radical (unpaired) electrons. The molecule has 1 aromatic carbocycles. The van der Waals surface area contributed by atoms with Crippen molar-refractivity contribution in [1.82, 2.24) is 24.8 Å². The summed E-state index contributed by atoms with van der Waals surface area (Å²) in [5, 5.41) is 16.8. The normalized spacial score (nSPS) is 18.5.